The highest BCUT2D eigenvalue weighted by molar-refractivity contribution is 7.16. The van der Waals surface area contributed by atoms with Crippen molar-refractivity contribution >= 4 is 22.2 Å². The zero-order chi connectivity index (χ0) is 10.9. The fourth-order valence-corrected chi connectivity index (χ4v) is 1.73. The van der Waals surface area contributed by atoms with Crippen molar-refractivity contribution in [2.24, 2.45) is 5.73 Å². The van der Waals surface area contributed by atoms with E-state index in [0.717, 1.165) is 15.7 Å². The number of anilines is 1. The number of carbonyl (C=O) groups excluding carboxylic acids is 1. The summed E-state index contributed by atoms with van der Waals surface area (Å²) in [6.07, 6.45) is 0. The second kappa shape index (κ2) is 3.67. The molecule has 3 N–H and O–H groups in total. The summed E-state index contributed by atoms with van der Waals surface area (Å²) in [5, 5.41) is 4.48. The number of rotatable bonds is 2. The largest absolute Gasteiger partial charge is 0.318 e. The predicted octanol–water partition coefficient (Wildman–Crippen LogP) is 1.44. The Bertz CT molecular complexity index is 351. The average molecular weight is 213 g/mol. The maximum Gasteiger partial charge on any atom is 0.244 e. The lowest BCUT2D eigenvalue weighted by atomic mass is 10.1. The van der Waals surface area contributed by atoms with Gasteiger partial charge in [-0.15, -0.1) is 11.3 Å². The quantitative estimate of drug-likeness (QED) is 0.781. The van der Waals surface area contributed by atoms with E-state index >= 15 is 0 Å². The van der Waals surface area contributed by atoms with E-state index in [0.29, 0.717) is 0 Å². The zero-order valence-electron chi connectivity index (χ0n) is 8.84. The number of nitrogens with one attached hydrogen (secondary N) is 1. The van der Waals surface area contributed by atoms with Crippen molar-refractivity contribution < 1.29 is 4.79 Å². The van der Waals surface area contributed by atoms with Crippen molar-refractivity contribution in [1.29, 1.82) is 0 Å². The topological polar surface area (TPSA) is 68.0 Å². The summed E-state index contributed by atoms with van der Waals surface area (Å²) in [6, 6.07) is 0. The van der Waals surface area contributed by atoms with Crippen LogP contribution in [0.3, 0.4) is 0 Å². The number of thiazole rings is 1. The Balaban J connectivity index is 2.80. The van der Waals surface area contributed by atoms with E-state index in [4.69, 9.17) is 5.73 Å². The highest BCUT2D eigenvalue weighted by Gasteiger charge is 2.23. The van der Waals surface area contributed by atoms with Gasteiger partial charge in [0.1, 0.15) is 5.00 Å². The fraction of sp³-hybridized carbons (Fsp3) is 0.556. The number of hydrogen-bond donors (Lipinski definition) is 2. The monoisotopic (exact) mass is 213 g/mol. The normalized spacial score (nSPS) is 11.5. The number of hydrogen-bond acceptors (Lipinski definition) is 4. The molecule has 1 rings (SSSR count). The number of aryl methyl sites for hydroxylation is 2. The van der Waals surface area contributed by atoms with Gasteiger partial charge in [0.2, 0.25) is 5.91 Å². The lowest BCUT2D eigenvalue weighted by Gasteiger charge is -2.16. The molecule has 1 aromatic heterocycles. The average Bonchev–Trinajstić information content (AvgIpc) is 2.28. The van der Waals surface area contributed by atoms with Gasteiger partial charge in [-0.05, 0) is 27.7 Å². The molecular formula is C9H15N3OS. The van der Waals surface area contributed by atoms with E-state index in [1.54, 1.807) is 13.8 Å². The maximum atomic E-state index is 11.5. The molecule has 1 heterocycles. The molecule has 0 aliphatic rings. The third-order valence-corrected chi connectivity index (χ3v) is 2.70. The molecule has 0 saturated carbocycles. The van der Waals surface area contributed by atoms with E-state index in [1.165, 1.54) is 11.3 Å². The summed E-state index contributed by atoms with van der Waals surface area (Å²) in [5.41, 5.74) is 5.64. The first-order chi connectivity index (χ1) is 6.30. The molecule has 0 fully saturated rings. The molecule has 0 atom stereocenters. The van der Waals surface area contributed by atoms with Crippen LogP contribution in [-0.2, 0) is 4.79 Å². The van der Waals surface area contributed by atoms with Crippen LogP contribution in [0.4, 0.5) is 5.00 Å². The molecule has 0 aromatic carbocycles. The van der Waals surface area contributed by atoms with Crippen molar-refractivity contribution in [3.8, 4) is 0 Å². The highest BCUT2D eigenvalue weighted by Crippen LogP contribution is 2.23. The smallest absolute Gasteiger partial charge is 0.244 e. The molecule has 4 nitrogen and oxygen atoms in total. The molecular weight excluding hydrogens is 198 g/mol. The SMILES string of the molecule is Cc1nc(C)c(NC(=O)C(C)(C)N)s1. The van der Waals surface area contributed by atoms with Crippen LogP contribution >= 0.6 is 11.3 Å². The zero-order valence-corrected chi connectivity index (χ0v) is 9.66. The lowest BCUT2D eigenvalue weighted by molar-refractivity contribution is -0.120. The van der Waals surface area contributed by atoms with Gasteiger partial charge in [0.05, 0.1) is 16.2 Å². The Kier molecular flexibility index (Phi) is 2.92. The first-order valence-electron chi connectivity index (χ1n) is 4.35. The molecule has 0 radical (unpaired) electrons. The molecule has 78 valence electrons. The molecule has 0 saturated heterocycles. The van der Waals surface area contributed by atoms with Crippen LogP contribution in [0, 0.1) is 13.8 Å². The minimum absolute atomic E-state index is 0.191. The molecule has 1 amide bonds. The lowest BCUT2D eigenvalue weighted by Crippen LogP contribution is -2.45. The minimum Gasteiger partial charge on any atom is -0.318 e. The summed E-state index contributed by atoms with van der Waals surface area (Å²) >= 11 is 1.46. The number of nitrogens with two attached hydrogens (primary N) is 1. The van der Waals surface area contributed by atoms with Gasteiger partial charge in [-0.1, -0.05) is 0 Å². The van der Waals surface area contributed by atoms with Gasteiger partial charge in [0.15, 0.2) is 0 Å². The first kappa shape index (κ1) is 11.1. The number of carbonyl (C=O) groups is 1. The van der Waals surface area contributed by atoms with E-state index in [2.05, 4.69) is 10.3 Å². The number of amides is 1. The van der Waals surface area contributed by atoms with Crippen molar-refractivity contribution in [2.45, 2.75) is 33.2 Å². The standard InChI is InChI=1S/C9H15N3OS/c1-5-7(14-6(2)11-5)12-8(13)9(3,4)10/h10H2,1-4H3,(H,12,13). The predicted molar refractivity (Wildman–Crippen MR) is 58.5 cm³/mol. The Morgan fingerprint density at radius 1 is 1.50 bits per heavy atom. The summed E-state index contributed by atoms with van der Waals surface area (Å²) in [4.78, 5) is 15.7. The van der Waals surface area contributed by atoms with Gasteiger partial charge in [0.25, 0.3) is 0 Å². The Labute approximate surface area is 87.5 Å². The maximum absolute atomic E-state index is 11.5. The molecule has 0 aliphatic carbocycles. The molecule has 1 aromatic rings. The van der Waals surface area contributed by atoms with Crippen molar-refractivity contribution in [3.05, 3.63) is 10.7 Å². The van der Waals surface area contributed by atoms with Crippen LogP contribution in [0.1, 0.15) is 24.5 Å². The second-order valence-corrected chi connectivity index (χ2v) is 5.03. The van der Waals surface area contributed by atoms with E-state index in [-0.39, 0.29) is 5.91 Å². The van der Waals surface area contributed by atoms with Crippen LogP contribution < -0.4 is 11.1 Å². The highest BCUT2D eigenvalue weighted by atomic mass is 32.1. The van der Waals surface area contributed by atoms with Crippen LogP contribution in [0.5, 0.6) is 0 Å². The fourth-order valence-electron chi connectivity index (χ4n) is 0.911. The van der Waals surface area contributed by atoms with Gasteiger partial charge in [0, 0.05) is 0 Å². The Hall–Kier alpha value is -0.940. The number of aromatic nitrogens is 1. The third-order valence-electron chi connectivity index (χ3n) is 1.72. The van der Waals surface area contributed by atoms with Gasteiger partial charge in [-0.3, -0.25) is 4.79 Å². The van der Waals surface area contributed by atoms with Gasteiger partial charge in [-0.25, -0.2) is 4.98 Å². The van der Waals surface area contributed by atoms with Crippen LogP contribution in [0.25, 0.3) is 0 Å². The van der Waals surface area contributed by atoms with Crippen LogP contribution in [0.15, 0.2) is 0 Å². The summed E-state index contributed by atoms with van der Waals surface area (Å²) in [7, 11) is 0. The van der Waals surface area contributed by atoms with Crippen molar-refractivity contribution in [2.75, 3.05) is 5.32 Å². The first-order valence-corrected chi connectivity index (χ1v) is 5.16. The molecule has 0 bridgehead atoms. The van der Waals surface area contributed by atoms with E-state index in [9.17, 15) is 4.79 Å². The van der Waals surface area contributed by atoms with Gasteiger partial charge in [-0.2, -0.15) is 0 Å². The molecule has 14 heavy (non-hydrogen) atoms. The molecule has 0 unspecified atom stereocenters. The minimum atomic E-state index is -0.857. The third kappa shape index (κ3) is 2.52. The van der Waals surface area contributed by atoms with Crippen molar-refractivity contribution in [1.82, 2.24) is 4.98 Å². The number of nitrogens with zero attached hydrogens (tertiary/aromatic N) is 1. The Morgan fingerprint density at radius 3 is 2.43 bits per heavy atom. The summed E-state index contributed by atoms with van der Waals surface area (Å²) < 4.78 is 0. The molecule has 5 heteroatoms. The second-order valence-electron chi connectivity index (χ2n) is 3.82. The van der Waals surface area contributed by atoms with Crippen LogP contribution in [0.2, 0.25) is 0 Å². The summed E-state index contributed by atoms with van der Waals surface area (Å²) in [5.74, 6) is -0.191. The Morgan fingerprint density at radius 2 is 2.07 bits per heavy atom. The van der Waals surface area contributed by atoms with Gasteiger partial charge >= 0.3 is 0 Å². The summed E-state index contributed by atoms with van der Waals surface area (Å²) in [6.45, 7) is 7.11. The van der Waals surface area contributed by atoms with Crippen LogP contribution in [-0.4, -0.2) is 16.4 Å². The van der Waals surface area contributed by atoms with Crippen molar-refractivity contribution in [3.63, 3.8) is 0 Å². The molecule has 0 aliphatic heterocycles. The van der Waals surface area contributed by atoms with E-state index < -0.39 is 5.54 Å². The van der Waals surface area contributed by atoms with Gasteiger partial charge < -0.3 is 11.1 Å². The molecule has 0 spiro atoms. The van der Waals surface area contributed by atoms with E-state index in [1.807, 2.05) is 13.8 Å².